The highest BCUT2D eigenvalue weighted by Gasteiger charge is 2.26. The largest absolute Gasteiger partial charge is 0.504 e. The molecule has 0 spiro atoms. The predicted molar refractivity (Wildman–Crippen MR) is 52.4 cm³/mol. The number of aromatic hydroxyl groups is 1. The van der Waals surface area contributed by atoms with Crippen molar-refractivity contribution < 1.29 is 23.8 Å². The van der Waals surface area contributed by atoms with E-state index in [9.17, 15) is 14.3 Å². The molecular weight excluding hydrogens is 217 g/mol. The van der Waals surface area contributed by atoms with Crippen LogP contribution in [0, 0.1) is 5.82 Å². The number of likely N-dealkylation sites (N-methyl/N-ethyl adjacent to an activating group) is 1. The van der Waals surface area contributed by atoms with Crippen LogP contribution in [0.25, 0.3) is 0 Å². The van der Waals surface area contributed by atoms with Gasteiger partial charge < -0.3 is 19.9 Å². The van der Waals surface area contributed by atoms with Crippen molar-refractivity contribution in [2.24, 2.45) is 0 Å². The molecule has 86 valence electrons. The number of rotatable bonds is 3. The van der Waals surface area contributed by atoms with Gasteiger partial charge in [-0.25, -0.2) is 0 Å². The number of nitrogens with one attached hydrogen (secondary N) is 1. The predicted octanol–water partition coefficient (Wildman–Crippen LogP) is 0.662. The van der Waals surface area contributed by atoms with Gasteiger partial charge in [0, 0.05) is 0 Å². The Hall–Kier alpha value is -1.82. The zero-order valence-electron chi connectivity index (χ0n) is 8.54. The minimum Gasteiger partial charge on any atom is -0.504 e. The van der Waals surface area contributed by atoms with Crippen LogP contribution in [0.3, 0.4) is 0 Å². The number of ketones is 1. The third kappa shape index (κ3) is 1.57. The topological polar surface area (TPSA) is 67.8 Å². The number of hydrogen-bond acceptors (Lipinski definition) is 5. The van der Waals surface area contributed by atoms with E-state index >= 15 is 0 Å². The summed E-state index contributed by atoms with van der Waals surface area (Å²) in [5, 5.41) is 12.1. The van der Waals surface area contributed by atoms with Gasteiger partial charge in [-0.2, -0.15) is 4.39 Å². The lowest BCUT2D eigenvalue weighted by Gasteiger charge is -2.06. The van der Waals surface area contributed by atoms with E-state index in [4.69, 9.17) is 9.47 Å². The fourth-order valence-corrected chi connectivity index (χ4v) is 1.46. The highest BCUT2D eigenvalue weighted by atomic mass is 19.1. The van der Waals surface area contributed by atoms with E-state index in [0.29, 0.717) is 0 Å². The van der Waals surface area contributed by atoms with Crippen LogP contribution in [0.4, 0.5) is 4.39 Å². The van der Waals surface area contributed by atoms with Crippen LogP contribution >= 0.6 is 0 Å². The van der Waals surface area contributed by atoms with Crippen LogP contribution < -0.4 is 14.8 Å². The second-order valence-electron chi connectivity index (χ2n) is 3.27. The zero-order valence-corrected chi connectivity index (χ0v) is 8.54. The molecule has 1 aliphatic rings. The number of phenolic OH excluding ortho intramolecular Hbond substituents is 1. The molecule has 16 heavy (non-hydrogen) atoms. The maximum atomic E-state index is 13.5. The molecule has 0 aliphatic carbocycles. The van der Waals surface area contributed by atoms with Crippen LogP contribution in [0.2, 0.25) is 0 Å². The number of ether oxygens (including phenoxy) is 2. The smallest absolute Gasteiger partial charge is 0.231 e. The van der Waals surface area contributed by atoms with E-state index in [0.717, 1.165) is 0 Å². The standard InChI is InChI=1S/C10H10FNO4/c1-12-3-6(13)5-2-7-10(16-4-15-7)8(11)9(5)14/h2,12,14H,3-4H2,1H3. The quantitative estimate of drug-likeness (QED) is 0.742. The summed E-state index contributed by atoms with van der Waals surface area (Å²) in [6, 6.07) is 1.28. The molecule has 2 N–H and O–H groups in total. The summed E-state index contributed by atoms with van der Waals surface area (Å²) in [6.45, 7) is -0.109. The molecule has 0 unspecified atom stereocenters. The van der Waals surface area contributed by atoms with Gasteiger partial charge in [0.1, 0.15) is 0 Å². The van der Waals surface area contributed by atoms with E-state index in [1.165, 1.54) is 6.07 Å². The van der Waals surface area contributed by atoms with E-state index in [-0.39, 0.29) is 30.4 Å². The molecule has 5 nitrogen and oxygen atoms in total. The lowest BCUT2D eigenvalue weighted by Crippen LogP contribution is -2.18. The number of hydrogen-bond donors (Lipinski definition) is 2. The number of benzene rings is 1. The third-order valence-corrected chi connectivity index (χ3v) is 2.22. The van der Waals surface area contributed by atoms with Crippen molar-refractivity contribution in [2.45, 2.75) is 0 Å². The van der Waals surface area contributed by atoms with E-state index < -0.39 is 17.3 Å². The third-order valence-electron chi connectivity index (χ3n) is 2.22. The van der Waals surface area contributed by atoms with E-state index in [1.54, 1.807) is 7.05 Å². The van der Waals surface area contributed by atoms with Gasteiger partial charge in [-0.15, -0.1) is 0 Å². The summed E-state index contributed by atoms with van der Waals surface area (Å²) < 4.78 is 23.3. The average molecular weight is 227 g/mol. The molecule has 1 heterocycles. The van der Waals surface area contributed by atoms with Gasteiger partial charge in [-0.3, -0.25) is 4.79 Å². The summed E-state index contributed by atoms with van der Waals surface area (Å²) in [5.74, 6) is -2.11. The van der Waals surface area contributed by atoms with Crippen LogP contribution in [0.5, 0.6) is 17.2 Å². The first kappa shape index (κ1) is 10.7. The molecule has 1 aromatic rings. The number of halogens is 1. The monoisotopic (exact) mass is 227 g/mol. The fourth-order valence-electron chi connectivity index (χ4n) is 1.46. The summed E-state index contributed by atoms with van der Waals surface area (Å²) in [4.78, 5) is 11.5. The highest BCUT2D eigenvalue weighted by molar-refractivity contribution is 6.00. The molecule has 0 fully saturated rings. The summed E-state index contributed by atoms with van der Waals surface area (Å²) in [5.41, 5.74) is -0.115. The van der Waals surface area contributed by atoms with Crippen molar-refractivity contribution in [3.05, 3.63) is 17.4 Å². The molecule has 1 aromatic carbocycles. The first-order valence-corrected chi connectivity index (χ1v) is 4.64. The molecule has 0 atom stereocenters. The first-order chi connectivity index (χ1) is 7.65. The van der Waals surface area contributed by atoms with Gasteiger partial charge in [-0.1, -0.05) is 0 Å². The lowest BCUT2D eigenvalue weighted by atomic mass is 10.1. The van der Waals surface area contributed by atoms with Crippen molar-refractivity contribution in [1.82, 2.24) is 5.32 Å². The number of Topliss-reactive ketones (excluding diaryl/α,β-unsaturated/α-hetero) is 1. The normalized spacial score (nSPS) is 12.9. The van der Waals surface area contributed by atoms with E-state index in [1.807, 2.05) is 0 Å². The number of fused-ring (bicyclic) bond motifs is 1. The molecule has 0 saturated carbocycles. The molecule has 0 aromatic heterocycles. The molecule has 2 rings (SSSR count). The molecule has 0 saturated heterocycles. The first-order valence-electron chi connectivity index (χ1n) is 4.64. The Morgan fingerprint density at radius 3 is 3.06 bits per heavy atom. The second kappa shape index (κ2) is 3.97. The van der Waals surface area contributed by atoms with Gasteiger partial charge in [0.05, 0.1) is 12.1 Å². The van der Waals surface area contributed by atoms with Gasteiger partial charge in [0.15, 0.2) is 17.3 Å². The highest BCUT2D eigenvalue weighted by Crippen LogP contribution is 2.41. The molecule has 0 radical (unpaired) electrons. The van der Waals surface area contributed by atoms with Gasteiger partial charge in [0.25, 0.3) is 0 Å². The van der Waals surface area contributed by atoms with Crippen molar-refractivity contribution in [3.63, 3.8) is 0 Å². The summed E-state index contributed by atoms with van der Waals surface area (Å²) >= 11 is 0. The molecule has 1 aliphatic heterocycles. The summed E-state index contributed by atoms with van der Waals surface area (Å²) in [6.07, 6.45) is 0. The number of carbonyl (C=O) groups is 1. The number of carbonyl (C=O) groups excluding carboxylic acids is 1. The van der Waals surface area contributed by atoms with Crippen molar-refractivity contribution in [2.75, 3.05) is 20.4 Å². The fraction of sp³-hybridized carbons (Fsp3) is 0.300. The zero-order chi connectivity index (χ0) is 11.7. The second-order valence-corrected chi connectivity index (χ2v) is 3.27. The Bertz CT molecular complexity index is 447. The maximum absolute atomic E-state index is 13.5. The van der Waals surface area contributed by atoms with Gasteiger partial charge >= 0.3 is 0 Å². The van der Waals surface area contributed by atoms with Crippen molar-refractivity contribution >= 4 is 5.78 Å². The van der Waals surface area contributed by atoms with Crippen molar-refractivity contribution in [3.8, 4) is 17.2 Å². The van der Waals surface area contributed by atoms with E-state index in [2.05, 4.69) is 5.32 Å². The number of phenols is 1. The average Bonchev–Trinajstić information content (AvgIpc) is 2.71. The molecule has 0 amide bonds. The molecule has 6 heteroatoms. The summed E-state index contributed by atoms with van der Waals surface area (Å²) in [7, 11) is 1.58. The molecular formula is C10H10FNO4. The Kier molecular flexibility index (Phi) is 2.66. The Morgan fingerprint density at radius 2 is 2.38 bits per heavy atom. The molecule has 0 bridgehead atoms. The Balaban J connectivity index is 2.47. The minimum atomic E-state index is -0.963. The van der Waals surface area contributed by atoms with Gasteiger partial charge in [0.2, 0.25) is 18.4 Å². The van der Waals surface area contributed by atoms with Gasteiger partial charge in [-0.05, 0) is 13.1 Å². The van der Waals surface area contributed by atoms with Crippen LogP contribution in [0.15, 0.2) is 6.07 Å². The van der Waals surface area contributed by atoms with Crippen molar-refractivity contribution in [1.29, 1.82) is 0 Å². The Labute approximate surface area is 90.8 Å². The van der Waals surface area contributed by atoms with Crippen LogP contribution in [0.1, 0.15) is 10.4 Å². The SMILES string of the molecule is CNCC(=O)c1cc2c(c(F)c1O)OCO2. The van der Waals surface area contributed by atoms with Crippen LogP contribution in [-0.4, -0.2) is 31.3 Å². The van der Waals surface area contributed by atoms with Crippen LogP contribution in [-0.2, 0) is 0 Å². The Morgan fingerprint density at radius 1 is 1.62 bits per heavy atom. The lowest BCUT2D eigenvalue weighted by molar-refractivity contribution is 0.0990. The maximum Gasteiger partial charge on any atom is 0.231 e. The minimum absolute atomic E-state index is 0.00659.